The molecular weight excluding hydrogens is 371 g/mol. The van der Waals surface area contributed by atoms with Gasteiger partial charge in [-0.1, -0.05) is 23.2 Å². The topological polar surface area (TPSA) is 62.0 Å². The maximum Gasteiger partial charge on any atom is 0.257 e. The molecule has 4 aliphatic carbocycles. The number of aromatic nitrogens is 1. The molecule has 1 heterocycles. The van der Waals surface area contributed by atoms with E-state index in [9.17, 15) is 9.59 Å². The van der Waals surface area contributed by atoms with Crippen LogP contribution in [0.1, 0.15) is 48.9 Å². The fourth-order valence-electron chi connectivity index (χ4n) is 6.01. The summed E-state index contributed by atoms with van der Waals surface area (Å²) in [5.74, 6) is 1.90. The molecule has 2 aromatic rings. The highest BCUT2D eigenvalue weighted by atomic mass is 35.5. The van der Waals surface area contributed by atoms with E-state index in [0.717, 1.165) is 37.0 Å². The average molecular weight is 391 g/mol. The van der Waals surface area contributed by atoms with Crippen molar-refractivity contribution in [3.8, 4) is 0 Å². The summed E-state index contributed by atoms with van der Waals surface area (Å²) in [4.78, 5) is 28.9. The van der Waals surface area contributed by atoms with Crippen LogP contribution in [0.3, 0.4) is 0 Å². The summed E-state index contributed by atoms with van der Waals surface area (Å²) < 4.78 is 0. The molecule has 136 valence electrons. The van der Waals surface area contributed by atoms with E-state index in [0.29, 0.717) is 15.9 Å². The van der Waals surface area contributed by atoms with Crippen molar-refractivity contribution in [1.29, 1.82) is 0 Å². The van der Waals surface area contributed by atoms with Gasteiger partial charge in [-0.2, -0.15) is 0 Å². The number of nitrogens with one attached hydrogen (secondary N) is 2. The van der Waals surface area contributed by atoms with Gasteiger partial charge in [0.15, 0.2) is 0 Å². The molecule has 4 saturated carbocycles. The molecule has 1 aromatic heterocycles. The van der Waals surface area contributed by atoms with Crippen LogP contribution >= 0.6 is 23.2 Å². The Labute approximate surface area is 161 Å². The van der Waals surface area contributed by atoms with E-state index in [1.165, 1.54) is 31.5 Å². The molecule has 0 radical (unpaired) electrons. The highest BCUT2D eigenvalue weighted by Crippen LogP contribution is 2.55. The van der Waals surface area contributed by atoms with Crippen LogP contribution in [0.2, 0.25) is 10.0 Å². The molecule has 4 fully saturated rings. The van der Waals surface area contributed by atoms with Gasteiger partial charge in [0.25, 0.3) is 5.91 Å². The molecule has 4 nitrogen and oxygen atoms in total. The Morgan fingerprint density at radius 3 is 2.31 bits per heavy atom. The molecule has 4 aliphatic rings. The zero-order valence-electron chi connectivity index (χ0n) is 14.3. The van der Waals surface area contributed by atoms with Gasteiger partial charge in [-0.25, -0.2) is 0 Å². The molecule has 0 saturated heterocycles. The van der Waals surface area contributed by atoms with Crippen molar-refractivity contribution in [2.75, 3.05) is 0 Å². The number of pyridine rings is 1. The molecule has 4 bridgehead atoms. The highest BCUT2D eigenvalue weighted by Gasteiger charge is 2.51. The first kappa shape index (κ1) is 16.6. The minimum absolute atomic E-state index is 0.123. The SMILES string of the molecule is O=C(NC12CC3CC(CC(C3)C1)C2)c1c[nH]c2cc(Cl)cc(Cl)c2c1=O. The van der Waals surface area contributed by atoms with Crippen LogP contribution < -0.4 is 10.7 Å². The maximum absolute atomic E-state index is 13.0. The van der Waals surface area contributed by atoms with Gasteiger partial charge >= 0.3 is 0 Å². The van der Waals surface area contributed by atoms with Crippen molar-refractivity contribution in [3.05, 3.63) is 44.2 Å². The van der Waals surface area contributed by atoms with Gasteiger partial charge in [-0.15, -0.1) is 0 Å². The summed E-state index contributed by atoms with van der Waals surface area (Å²) in [6, 6.07) is 3.17. The van der Waals surface area contributed by atoms with Gasteiger partial charge in [0.1, 0.15) is 5.56 Å². The predicted molar refractivity (Wildman–Crippen MR) is 103 cm³/mol. The van der Waals surface area contributed by atoms with Crippen molar-refractivity contribution >= 4 is 40.0 Å². The van der Waals surface area contributed by atoms with Crippen molar-refractivity contribution in [1.82, 2.24) is 10.3 Å². The molecule has 6 rings (SSSR count). The second-order valence-electron chi connectivity index (χ2n) is 8.49. The van der Waals surface area contributed by atoms with Gasteiger partial charge in [0.2, 0.25) is 5.43 Å². The van der Waals surface area contributed by atoms with Crippen LogP contribution in [0.15, 0.2) is 23.1 Å². The van der Waals surface area contributed by atoms with E-state index in [4.69, 9.17) is 23.2 Å². The molecule has 1 amide bonds. The van der Waals surface area contributed by atoms with Crippen LogP contribution in [0.5, 0.6) is 0 Å². The van der Waals surface area contributed by atoms with E-state index in [1.807, 2.05) is 0 Å². The summed E-state index contributed by atoms with van der Waals surface area (Å²) in [7, 11) is 0. The number of halogens is 2. The summed E-state index contributed by atoms with van der Waals surface area (Å²) >= 11 is 12.2. The Hall–Kier alpha value is -1.52. The van der Waals surface area contributed by atoms with Gasteiger partial charge in [0.05, 0.1) is 15.9 Å². The van der Waals surface area contributed by atoms with E-state index in [-0.39, 0.29) is 27.5 Å². The Morgan fingerprint density at radius 1 is 1.08 bits per heavy atom. The molecule has 1 aromatic carbocycles. The zero-order valence-corrected chi connectivity index (χ0v) is 15.8. The predicted octanol–water partition coefficient (Wildman–Crippen LogP) is 4.53. The second-order valence-corrected chi connectivity index (χ2v) is 9.34. The minimum Gasteiger partial charge on any atom is -0.360 e. The zero-order chi connectivity index (χ0) is 18.1. The third kappa shape index (κ3) is 2.57. The van der Waals surface area contributed by atoms with Gasteiger partial charge in [-0.3, -0.25) is 9.59 Å². The molecular formula is C20H20Cl2N2O2. The van der Waals surface area contributed by atoms with E-state index in [2.05, 4.69) is 10.3 Å². The third-order valence-electron chi connectivity index (χ3n) is 6.56. The van der Waals surface area contributed by atoms with Gasteiger partial charge in [0, 0.05) is 16.8 Å². The second kappa shape index (κ2) is 5.74. The summed E-state index contributed by atoms with van der Waals surface area (Å²) in [6.45, 7) is 0. The first-order chi connectivity index (χ1) is 12.4. The minimum atomic E-state index is -0.345. The number of carbonyl (C=O) groups is 1. The maximum atomic E-state index is 13.0. The van der Waals surface area contributed by atoms with Gasteiger partial charge < -0.3 is 10.3 Å². The number of aromatic amines is 1. The molecule has 0 unspecified atom stereocenters. The number of hydrogen-bond acceptors (Lipinski definition) is 2. The lowest BCUT2D eigenvalue weighted by Gasteiger charge is -2.56. The fourth-order valence-corrected chi connectivity index (χ4v) is 6.59. The summed E-state index contributed by atoms with van der Waals surface area (Å²) in [5, 5.41) is 4.27. The van der Waals surface area contributed by atoms with Crippen LogP contribution in [-0.2, 0) is 0 Å². The van der Waals surface area contributed by atoms with E-state index in [1.54, 1.807) is 6.07 Å². The number of fused-ring (bicyclic) bond motifs is 1. The number of H-pyrrole nitrogens is 1. The van der Waals surface area contributed by atoms with Crippen molar-refractivity contribution in [2.45, 2.75) is 44.1 Å². The Kier molecular flexibility index (Phi) is 3.67. The number of hydrogen-bond donors (Lipinski definition) is 2. The van der Waals surface area contributed by atoms with Crippen LogP contribution in [0.4, 0.5) is 0 Å². The highest BCUT2D eigenvalue weighted by molar-refractivity contribution is 6.38. The number of benzene rings is 1. The Morgan fingerprint density at radius 2 is 1.69 bits per heavy atom. The van der Waals surface area contributed by atoms with E-state index < -0.39 is 0 Å². The standard InChI is InChI=1S/C20H20Cl2N2O2/c21-13-4-15(22)17-16(5-13)23-9-14(18(17)25)19(26)24-20-6-10-1-11(7-20)3-12(2-10)8-20/h4-5,9-12H,1-3,6-8H2,(H,23,25)(H,24,26). The van der Waals surface area contributed by atoms with Crippen LogP contribution in [-0.4, -0.2) is 16.4 Å². The summed E-state index contributed by atoms with van der Waals surface area (Å²) in [5.41, 5.74) is 0.191. The Bertz CT molecular complexity index is 946. The first-order valence-corrected chi connectivity index (χ1v) is 10.0. The lowest BCUT2D eigenvalue weighted by Crippen LogP contribution is -2.60. The molecule has 6 heteroatoms. The van der Waals surface area contributed by atoms with Gasteiger partial charge in [-0.05, 0) is 68.4 Å². The quantitative estimate of drug-likeness (QED) is 0.790. The van der Waals surface area contributed by atoms with Crippen molar-refractivity contribution in [3.63, 3.8) is 0 Å². The van der Waals surface area contributed by atoms with Crippen LogP contribution in [0, 0.1) is 17.8 Å². The molecule has 2 N–H and O–H groups in total. The molecule has 0 spiro atoms. The van der Waals surface area contributed by atoms with Crippen LogP contribution in [0.25, 0.3) is 10.9 Å². The van der Waals surface area contributed by atoms with Crippen molar-refractivity contribution < 1.29 is 4.79 Å². The molecule has 0 atom stereocenters. The number of amides is 1. The van der Waals surface area contributed by atoms with Crippen molar-refractivity contribution in [2.24, 2.45) is 17.8 Å². The number of carbonyl (C=O) groups excluding carboxylic acids is 1. The molecule has 26 heavy (non-hydrogen) atoms. The monoisotopic (exact) mass is 390 g/mol. The third-order valence-corrected chi connectivity index (χ3v) is 7.08. The summed E-state index contributed by atoms with van der Waals surface area (Å²) in [6.07, 6.45) is 8.55. The smallest absolute Gasteiger partial charge is 0.257 e. The van der Waals surface area contributed by atoms with E-state index >= 15 is 0 Å². The molecule has 0 aliphatic heterocycles. The fraction of sp³-hybridized carbons (Fsp3) is 0.500. The lowest BCUT2D eigenvalue weighted by atomic mass is 9.53. The lowest BCUT2D eigenvalue weighted by molar-refractivity contribution is -0.0167. The Balaban J connectivity index is 1.50. The average Bonchev–Trinajstić information content (AvgIpc) is 2.52. The largest absolute Gasteiger partial charge is 0.360 e. The first-order valence-electron chi connectivity index (χ1n) is 9.25. The normalized spacial score (nSPS) is 32.2. The number of rotatable bonds is 2.